The number of allylic oxidation sites excluding steroid dienone is 1. The van der Waals surface area contributed by atoms with E-state index in [1.807, 2.05) is 0 Å². The van der Waals surface area contributed by atoms with Crippen molar-refractivity contribution < 1.29 is 28.5 Å². The van der Waals surface area contributed by atoms with Gasteiger partial charge in [0.15, 0.2) is 4.80 Å². The third-order valence-electron chi connectivity index (χ3n) is 6.48. The van der Waals surface area contributed by atoms with Crippen molar-refractivity contribution >= 4 is 34.8 Å². The first-order chi connectivity index (χ1) is 20.6. The van der Waals surface area contributed by atoms with Crippen LogP contribution in [0, 0.1) is 26.0 Å². The molecule has 0 N–H and O–H groups in total. The van der Waals surface area contributed by atoms with Crippen molar-refractivity contribution in [2.75, 3.05) is 6.61 Å². The molecular formula is C29H21FN4O8S. The summed E-state index contributed by atoms with van der Waals surface area (Å²) in [6, 6.07) is 13.9. The lowest BCUT2D eigenvalue weighted by Crippen LogP contribution is -2.39. The van der Waals surface area contributed by atoms with Gasteiger partial charge in [0, 0.05) is 11.6 Å². The summed E-state index contributed by atoms with van der Waals surface area (Å²) in [4.78, 5) is 52.8. The SMILES string of the molecule is CCOC(=O)C1=C(C)N=c2s/c(=C/c3ccccc3Oc3ccc([N+](=O)[O-])cc3[N+](=O)[O-])c(=O)n2[C@H]1c1ccc(F)cc1. The van der Waals surface area contributed by atoms with Gasteiger partial charge >= 0.3 is 11.7 Å². The smallest absolute Gasteiger partial charge is 0.338 e. The average molecular weight is 605 g/mol. The molecule has 0 fully saturated rings. The van der Waals surface area contributed by atoms with Gasteiger partial charge in [-0.1, -0.05) is 41.7 Å². The molecule has 5 rings (SSSR count). The van der Waals surface area contributed by atoms with E-state index in [4.69, 9.17) is 9.47 Å². The van der Waals surface area contributed by atoms with Crippen LogP contribution < -0.4 is 19.6 Å². The van der Waals surface area contributed by atoms with Crippen molar-refractivity contribution in [2.24, 2.45) is 4.99 Å². The molecule has 0 unspecified atom stereocenters. The van der Waals surface area contributed by atoms with Gasteiger partial charge in [0.2, 0.25) is 5.75 Å². The zero-order valence-corrected chi connectivity index (χ0v) is 23.4. The number of hydrogen-bond donors (Lipinski definition) is 0. The lowest BCUT2D eigenvalue weighted by atomic mass is 9.96. The van der Waals surface area contributed by atoms with Crippen LogP contribution in [0.5, 0.6) is 11.5 Å². The first kappa shape index (κ1) is 29.0. The number of esters is 1. The van der Waals surface area contributed by atoms with Gasteiger partial charge in [-0.15, -0.1) is 0 Å². The number of carbonyl (C=O) groups is 1. The highest BCUT2D eigenvalue weighted by atomic mass is 32.1. The predicted molar refractivity (Wildman–Crippen MR) is 153 cm³/mol. The van der Waals surface area contributed by atoms with Crippen molar-refractivity contribution in [1.82, 2.24) is 4.57 Å². The molecule has 1 aliphatic heterocycles. The summed E-state index contributed by atoms with van der Waals surface area (Å²) < 4.78 is 26.4. The van der Waals surface area contributed by atoms with Crippen LogP contribution in [0.1, 0.15) is 31.0 Å². The van der Waals surface area contributed by atoms with Gasteiger partial charge in [-0.2, -0.15) is 0 Å². The van der Waals surface area contributed by atoms with Crippen molar-refractivity contribution in [2.45, 2.75) is 19.9 Å². The predicted octanol–water partition coefficient (Wildman–Crippen LogP) is 4.55. The summed E-state index contributed by atoms with van der Waals surface area (Å²) in [5.74, 6) is -1.23. The van der Waals surface area contributed by atoms with Crippen LogP contribution in [0.15, 0.2) is 87.8 Å². The van der Waals surface area contributed by atoms with E-state index < -0.39 is 44.6 Å². The van der Waals surface area contributed by atoms with Gasteiger partial charge < -0.3 is 9.47 Å². The number of para-hydroxylation sites is 1. The van der Waals surface area contributed by atoms with E-state index in [-0.39, 0.29) is 28.2 Å². The van der Waals surface area contributed by atoms with E-state index in [0.717, 1.165) is 29.5 Å². The van der Waals surface area contributed by atoms with Crippen LogP contribution in [0.3, 0.4) is 0 Å². The standard InChI is InChI=1S/C29H21FN4O8S/c1-3-41-28(36)25-16(2)31-29-32(26(25)17-8-10-19(30)11-9-17)27(35)24(43-29)14-18-6-4-5-7-22(18)42-23-13-12-20(33(37)38)15-21(23)34(39)40/h4-15,26H,3H2,1-2H3/b24-14+/t26-/m0/s1. The van der Waals surface area contributed by atoms with E-state index in [1.165, 1.54) is 41.0 Å². The van der Waals surface area contributed by atoms with Crippen LogP contribution in [-0.2, 0) is 9.53 Å². The number of ether oxygens (including phenoxy) is 2. The molecule has 3 aromatic carbocycles. The lowest BCUT2D eigenvalue weighted by molar-refractivity contribution is -0.394. The van der Waals surface area contributed by atoms with E-state index in [1.54, 1.807) is 32.0 Å². The molecule has 12 nitrogen and oxygen atoms in total. The summed E-state index contributed by atoms with van der Waals surface area (Å²) in [7, 11) is 0. The first-order valence-electron chi connectivity index (χ1n) is 12.7. The van der Waals surface area contributed by atoms with Gasteiger partial charge in [-0.05, 0) is 49.8 Å². The molecule has 0 saturated heterocycles. The third kappa shape index (κ3) is 5.67. The molecule has 14 heteroatoms. The number of thiazole rings is 1. The number of rotatable bonds is 8. The Morgan fingerprint density at radius 1 is 1.07 bits per heavy atom. The molecule has 0 bridgehead atoms. The largest absolute Gasteiger partial charge is 0.463 e. The Morgan fingerprint density at radius 2 is 1.79 bits per heavy atom. The number of nitro benzene ring substituents is 2. The number of hydrogen-bond acceptors (Lipinski definition) is 10. The molecule has 0 aliphatic carbocycles. The number of aromatic nitrogens is 1. The van der Waals surface area contributed by atoms with Gasteiger partial charge in [-0.25, -0.2) is 14.2 Å². The zero-order chi connectivity index (χ0) is 30.8. The molecule has 0 radical (unpaired) electrons. The highest BCUT2D eigenvalue weighted by molar-refractivity contribution is 7.07. The molecular weight excluding hydrogens is 583 g/mol. The van der Waals surface area contributed by atoms with E-state index >= 15 is 0 Å². The molecule has 4 aromatic rings. The minimum atomic E-state index is -0.938. The number of fused-ring (bicyclic) bond motifs is 1. The van der Waals surface area contributed by atoms with Crippen molar-refractivity contribution in [3.05, 3.63) is 135 Å². The van der Waals surface area contributed by atoms with Crippen LogP contribution in [0.4, 0.5) is 15.8 Å². The second-order valence-electron chi connectivity index (χ2n) is 9.16. The second-order valence-corrected chi connectivity index (χ2v) is 10.2. The molecule has 2 heterocycles. The number of benzene rings is 3. The highest BCUT2D eigenvalue weighted by Gasteiger charge is 2.33. The fraction of sp³-hybridized carbons (Fsp3) is 0.138. The van der Waals surface area contributed by atoms with Gasteiger partial charge in [0.25, 0.3) is 11.2 Å². The first-order valence-corrected chi connectivity index (χ1v) is 13.6. The molecule has 1 aliphatic rings. The maximum absolute atomic E-state index is 13.9. The number of non-ortho nitro benzene ring substituents is 1. The van der Waals surface area contributed by atoms with Gasteiger partial charge in [-0.3, -0.25) is 29.6 Å². The highest BCUT2D eigenvalue weighted by Crippen LogP contribution is 2.36. The summed E-state index contributed by atoms with van der Waals surface area (Å²) in [5, 5.41) is 22.7. The Kier molecular flexibility index (Phi) is 7.94. The Bertz CT molecular complexity index is 2000. The fourth-order valence-corrected chi connectivity index (χ4v) is 5.59. The second kappa shape index (κ2) is 11.8. The minimum absolute atomic E-state index is 0.0971. The normalized spacial score (nSPS) is 14.6. The van der Waals surface area contributed by atoms with Gasteiger partial charge in [0.05, 0.1) is 44.4 Å². The fourth-order valence-electron chi connectivity index (χ4n) is 4.55. The molecule has 43 heavy (non-hydrogen) atoms. The van der Waals surface area contributed by atoms with E-state index in [9.17, 15) is 34.2 Å². The molecule has 1 aromatic heterocycles. The van der Waals surface area contributed by atoms with Crippen molar-refractivity contribution in [3.63, 3.8) is 0 Å². The molecule has 0 amide bonds. The Hall–Kier alpha value is -5.50. The number of nitrogens with zero attached hydrogens (tertiary/aromatic N) is 4. The molecule has 218 valence electrons. The number of nitro groups is 2. The van der Waals surface area contributed by atoms with Crippen LogP contribution in [0.25, 0.3) is 6.08 Å². The number of halogens is 1. The minimum Gasteiger partial charge on any atom is -0.463 e. The maximum Gasteiger partial charge on any atom is 0.338 e. The zero-order valence-electron chi connectivity index (χ0n) is 22.6. The Labute approximate surface area is 245 Å². The van der Waals surface area contributed by atoms with Crippen LogP contribution >= 0.6 is 11.3 Å². The van der Waals surface area contributed by atoms with Crippen LogP contribution in [-0.4, -0.2) is 27.0 Å². The quantitative estimate of drug-likeness (QED) is 0.161. The molecule has 0 saturated carbocycles. The van der Waals surface area contributed by atoms with Crippen molar-refractivity contribution in [1.29, 1.82) is 0 Å². The van der Waals surface area contributed by atoms with E-state index in [2.05, 4.69) is 4.99 Å². The Balaban J connectivity index is 1.64. The average Bonchev–Trinajstić information content (AvgIpc) is 3.27. The summed E-state index contributed by atoms with van der Waals surface area (Å²) >= 11 is 1.05. The number of carbonyl (C=O) groups excluding carboxylic acids is 1. The van der Waals surface area contributed by atoms with Gasteiger partial charge in [0.1, 0.15) is 11.6 Å². The topological polar surface area (TPSA) is 156 Å². The summed E-state index contributed by atoms with van der Waals surface area (Å²) in [6.45, 7) is 3.38. The molecule has 1 atom stereocenters. The summed E-state index contributed by atoms with van der Waals surface area (Å²) in [5.41, 5.74) is -0.244. The van der Waals surface area contributed by atoms with E-state index in [0.29, 0.717) is 21.6 Å². The monoisotopic (exact) mass is 604 g/mol. The molecule has 0 spiro atoms. The third-order valence-corrected chi connectivity index (χ3v) is 7.46. The Morgan fingerprint density at radius 3 is 2.47 bits per heavy atom. The maximum atomic E-state index is 13.9. The lowest BCUT2D eigenvalue weighted by Gasteiger charge is -2.24. The summed E-state index contributed by atoms with van der Waals surface area (Å²) in [6.07, 6.45) is 1.52. The van der Waals surface area contributed by atoms with Crippen molar-refractivity contribution in [3.8, 4) is 11.5 Å². The van der Waals surface area contributed by atoms with Crippen LogP contribution in [0.2, 0.25) is 0 Å².